The molecule has 1 unspecified atom stereocenters. The van der Waals surface area contributed by atoms with Crippen molar-refractivity contribution in [1.82, 2.24) is 0 Å². The molecular formula is C5H10O3. The lowest BCUT2D eigenvalue weighted by atomic mass is 10.5. The van der Waals surface area contributed by atoms with Crippen LogP contribution < -0.4 is 0 Å². The highest BCUT2D eigenvalue weighted by atomic mass is 16.7. The highest BCUT2D eigenvalue weighted by molar-refractivity contribution is 4.72. The molecular weight excluding hydrogens is 108 g/mol. The van der Waals surface area contributed by atoms with Gasteiger partial charge in [0.1, 0.15) is 6.10 Å². The van der Waals surface area contributed by atoms with Crippen LogP contribution in [0, 0.1) is 0 Å². The Bertz CT molecular complexity index is 66.1. The lowest BCUT2D eigenvalue weighted by molar-refractivity contribution is -0.115. The lowest BCUT2D eigenvalue weighted by Gasteiger charge is -2.08. The van der Waals surface area contributed by atoms with Gasteiger partial charge >= 0.3 is 0 Å². The molecule has 1 saturated heterocycles. The third-order valence-corrected chi connectivity index (χ3v) is 1.13. The summed E-state index contributed by atoms with van der Waals surface area (Å²) in [6, 6.07) is 0. The van der Waals surface area contributed by atoms with Crippen LogP contribution in [0.25, 0.3) is 0 Å². The number of methoxy groups -OCH3 is 2. The zero-order valence-electron chi connectivity index (χ0n) is 5.09. The predicted octanol–water partition coefficient (Wildman–Crippen LogP) is 0.00410. The molecule has 0 aromatic heterocycles. The minimum atomic E-state index is -0.157. The fraction of sp³-hybridized carbons (Fsp3) is 1.00. The zero-order valence-corrected chi connectivity index (χ0v) is 5.09. The van der Waals surface area contributed by atoms with Crippen molar-refractivity contribution in [3.8, 4) is 0 Å². The maximum atomic E-state index is 4.90. The SMILES string of the molecule is COC(OC)C1CO1. The molecule has 1 atom stereocenters. The quantitative estimate of drug-likeness (QED) is 0.386. The highest BCUT2D eigenvalue weighted by Gasteiger charge is 2.32. The van der Waals surface area contributed by atoms with E-state index in [0.717, 1.165) is 6.61 Å². The molecule has 0 aromatic carbocycles. The minimum Gasteiger partial charge on any atom is -0.368 e. The van der Waals surface area contributed by atoms with Gasteiger partial charge in [-0.2, -0.15) is 0 Å². The predicted molar refractivity (Wildman–Crippen MR) is 27.5 cm³/mol. The number of epoxide rings is 1. The Morgan fingerprint density at radius 3 is 2.12 bits per heavy atom. The Labute approximate surface area is 48.5 Å². The standard InChI is InChI=1S/C5H10O3/c1-6-5(7-2)4-3-8-4/h4-5H,3H2,1-2H3. The van der Waals surface area contributed by atoms with E-state index in [1.54, 1.807) is 14.2 Å². The molecule has 3 nitrogen and oxygen atoms in total. The fourth-order valence-electron chi connectivity index (χ4n) is 0.612. The van der Waals surface area contributed by atoms with Gasteiger partial charge in [0.2, 0.25) is 0 Å². The smallest absolute Gasteiger partial charge is 0.185 e. The Morgan fingerprint density at radius 1 is 1.50 bits per heavy atom. The van der Waals surface area contributed by atoms with E-state index in [-0.39, 0.29) is 12.4 Å². The van der Waals surface area contributed by atoms with Crippen LogP contribution in [0.2, 0.25) is 0 Å². The highest BCUT2D eigenvalue weighted by Crippen LogP contribution is 2.16. The molecule has 0 radical (unpaired) electrons. The van der Waals surface area contributed by atoms with Crippen molar-refractivity contribution in [2.45, 2.75) is 12.4 Å². The van der Waals surface area contributed by atoms with Crippen LogP contribution in [0.3, 0.4) is 0 Å². The van der Waals surface area contributed by atoms with Crippen molar-refractivity contribution in [2.75, 3.05) is 20.8 Å². The molecule has 1 heterocycles. The van der Waals surface area contributed by atoms with E-state index in [4.69, 9.17) is 14.2 Å². The third kappa shape index (κ3) is 1.18. The Hall–Kier alpha value is -0.120. The second-order valence-electron chi connectivity index (χ2n) is 1.71. The number of hydrogen-bond acceptors (Lipinski definition) is 3. The first-order valence-electron chi connectivity index (χ1n) is 2.55. The monoisotopic (exact) mass is 118 g/mol. The average molecular weight is 118 g/mol. The van der Waals surface area contributed by atoms with Crippen molar-refractivity contribution >= 4 is 0 Å². The molecule has 0 amide bonds. The first kappa shape index (κ1) is 6.01. The molecule has 1 aliphatic heterocycles. The molecule has 0 aromatic rings. The average Bonchev–Trinajstić information content (AvgIpc) is 2.53. The Morgan fingerprint density at radius 2 is 2.00 bits per heavy atom. The topological polar surface area (TPSA) is 31.0 Å². The first-order valence-corrected chi connectivity index (χ1v) is 2.55. The van der Waals surface area contributed by atoms with Crippen molar-refractivity contribution in [1.29, 1.82) is 0 Å². The summed E-state index contributed by atoms with van der Waals surface area (Å²) in [7, 11) is 3.21. The number of hydrogen-bond donors (Lipinski definition) is 0. The van der Waals surface area contributed by atoms with E-state index in [1.807, 2.05) is 0 Å². The van der Waals surface area contributed by atoms with Crippen molar-refractivity contribution < 1.29 is 14.2 Å². The second-order valence-corrected chi connectivity index (χ2v) is 1.71. The van der Waals surface area contributed by atoms with Gasteiger partial charge in [0.15, 0.2) is 6.29 Å². The molecule has 1 aliphatic rings. The van der Waals surface area contributed by atoms with Gasteiger partial charge in [-0.3, -0.25) is 0 Å². The van der Waals surface area contributed by atoms with E-state index in [2.05, 4.69) is 0 Å². The van der Waals surface area contributed by atoms with Crippen LogP contribution in [0.1, 0.15) is 0 Å². The largest absolute Gasteiger partial charge is 0.368 e. The van der Waals surface area contributed by atoms with Crippen molar-refractivity contribution in [3.05, 3.63) is 0 Å². The van der Waals surface area contributed by atoms with Gasteiger partial charge < -0.3 is 14.2 Å². The minimum absolute atomic E-state index is 0.157. The molecule has 0 bridgehead atoms. The summed E-state index contributed by atoms with van der Waals surface area (Å²) >= 11 is 0. The van der Waals surface area contributed by atoms with Crippen LogP contribution in [-0.4, -0.2) is 33.2 Å². The molecule has 0 saturated carbocycles. The first-order chi connectivity index (χ1) is 3.88. The van der Waals surface area contributed by atoms with Gasteiger partial charge in [-0.1, -0.05) is 0 Å². The van der Waals surface area contributed by atoms with E-state index in [0.29, 0.717) is 0 Å². The van der Waals surface area contributed by atoms with Crippen LogP contribution in [-0.2, 0) is 14.2 Å². The molecule has 0 aliphatic carbocycles. The van der Waals surface area contributed by atoms with Gasteiger partial charge in [0, 0.05) is 14.2 Å². The summed E-state index contributed by atoms with van der Waals surface area (Å²) in [5, 5.41) is 0. The maximum Gasteiger partial charge on any atom is 0.185 e. The van der Waals surface area contributed by atoms with E-state index in [1.165, 1.54) is 0 Å². The summed E-state index contributed by atoms with van der Waals surface area (Å²) in [6.07, 6.45) is 0.0278. The molecule has 1 rings (SSSR count). The molecule has 0 spiro atoms. The van der Waals surface area contributed by atoms with Gasteiger partial charge in [0.05, 0.1) is 6.61 Å². The van der Waals surface area contributed by atoms with Crippen molar-refractivity contribution in [3.63, 3.8) is 0 Å². The number of rotatable bonds is 3. The van der Waals surface area contributed by atoms with E-state index >= 15 is 0 Å². The van der Waals surface area contributed by atoms with Crippen LogP contribution in [0.5, 0.6) is 0 Å². The van der Waals surface area contributed by atoms with Gasteiger partial charge in [0.25, 0.3) is 0 Å². The van der Waals surface area contributed by atoms with Gasteiger partial charge in [-0.05, 0) is 0 Å². The molecule has 0 N–H and O–H groups in total. The summed E-state index contributed by atoms with van der Waals surface area (Å²) in [6.45, 7) is 0.770. The third-order valence-electron chi connectivity index (χ3n) is 1.13. The summed E-state index contributed by atoms with van der Waals surface area (Å²) in [5.41, 5.74) is 0. The maximum absolute atomic E-state index is 4.90. The summed E-state index contributed by atoms with van der Waals surface area (Å²) in [5.74, 6) is 0. The Kier molecular flexibility index (Phi) is 1.83. The van der Waals surface area contributed by atoms with Crippen LogP contribution in [0.15, 0.2) is 0 Å². The molecule has 1 fully saturated rings. The van der Waals surface area contributed by atoms with E-state index in [9.17, 15) is 0 Å². The molecule has 48 valence electrons. The van der Waals surface area contributed by atoms with Crippen molar-refractivity contribution in [2.24, 2.45) is 0 Å². The van der Waals surface area contributed by atoms with E-state index < -0.39 is 0 Å². The fourth-order valence-corrected chi connectivity index (χ4v) is 0.612. The lowest BCUT2D eigenvalue weighted by Crippen LogP contribution is -2.19. The summed E-state index contributed by atoms with van der Waals surface area (Å²) in [4.78, 5) is 0. The van der Waals surface area contributed by atoms with Crippen LogP contribution in [0.4, 0.5) is 0 Å². The zero-order chi connectivity index (χ0) is 5.98. The number of ether oxygens (including phenoxy) is 3. The molecule has 3 heteroatoms. The second kappa shape index (κ2) is 2.44. The summed E-state index contributed by atoms with van der Waals surface area (Å²) < 4.78 is 14.7. The van der Waals surface area contributed by atoms with Crippen LogP contribution >= 0.6 is 0 Å². The Balaban J connectivity index is 2.15. The van der Waals surface area contributed by atoms with Gasteiger partial charge in [-0.15, -0.1) is 0 Å². The molecule has 8 heavy (non-hydrogen) atoms. The normalized spacial score (nSPS) is 26.6. The van der Waals surface area contributed by atoms with Gasteiger partial charge in [-0.25, -0.2) is 0 Å².